The van der Waals surface area contributed by atoms with Crippen molar-refractivity contribution in [2.45, 2.75) is 36.6 Å². The van der Waals surface area contributed by atoms with Gasteiger partial charge in [0.15, 0.2) is 0 Å². The fraction of sp³-hybridized carbons (Fsp3) is 0.467. The highest BCUT2D eigenvalue weighted by Crippen LogP contribution is 2.28. The van der Waals surface area contributed by atoms with Crippen molar-refractivity contribution >= 4 is 11.8 Å². The fourth-order valence-corrected chi connectivity index (χ4v) is 3.02. The quantitative estimate of drug-likeness (QED) is 0.878. The van der Waals surface area contributed by atoms with Crippen LogP contribution in [0.15, 0.2) is 33.7 Å². The van der Waals surface area contributed by atoms with E-state index in [1.807, 2.05) is 12.1 Å². The number of hydrogen-bond acceptors (Lipinski definition) is 5. The van der Waals surface area contributed by atoms with Crippen LogP contribution in [-0.4, -0.2) is 29.0 Å². The Bertz CT molecular complexity index is 567. The van der Waals surface area contributed by atoms with Crippen molar-refractivity contribution in [2.75, 3.05) is 12.8 Å². The minimum atomic E-state index is 0.387. The predicted molar refractivity (Wildman–Crippen MR) is 81.0 cm³/mol. The molecule has 4 nitrogen and oxygen atoms in total. The topological polar surface area (TPSA) is 51.0 Å². The number of benzene rings is 1. The Morgan fingerprint density at radius 2 is 2.10 bits per heavy atom. The molecule has 106 valence electrons. The molecule has 1 fully saturated rings. The summed E-state index contributed by atoms with van der Waals surface area (Å²) < 4.78 is 5.47. The van der Waals surface area contributed by atoms with Crippen LogP contribution in [0.2, 0.25) is 0 Å². The maximum atomic E-state index is 5.47. The molecule has 1 aliphatic rings. The van der Waals surface area contributed by atoms with E-state index < -0.39 is 0 Å². The number of hydrogen-bond donors (Lipinski definition) is 1. The minimum Gasteiger partial charge on any atom is -0.339 e. The lowest BCUT2D eigenvalue weighted by Gasteiger charge is -2.25. The first-order chi connectivity index (χ1) is 9.76. The molecule has 2 unspecified atom stereocenters. The van der Waals surface area contributed by atoms with E-state index in [9.17, 15) is 0 Å². The Kier molecular flexibility index (Phi) is 4.08. The number of rotatable bonds is 3. The zero-order chi connectivity index (χ0) is 13.9. The van der Waals surface area contributed by atoms with E-state index in [1.54, 1.807) is 11.8 Å². The Labute approximate surface area is 123 Å². The molecule has 1 saturated heterocycles. The van der Waals surface area contributed by atoms with Gasteiger partial charge in [-0.1, -0.05) is 5.16 Å². The highest BCUT2D eigenvalue weighted by Gasteiger charge is 2.25. The molecule has 3 rings (SSSR count). The molecule has 2 aromatic rings. The lowest BCUT2D eigenvalue weighted by Crippen LogP contribution is -2.34. The molecule has 0 radical (unpaired) electrons. The van der Waals surface area contributed by atoms with Crippen molar-refractivity contribution in [2.24, 2.45) is 0 Å². The van der Waals surface area contributed by atoms with Crippen molar-refractivity contribution in [3.63, 3.8) is 0 Å². The molecule has 1 aromatic carbocycles. The fourth-order valence-electron chi connectivity index (χ4n) is 2.61. The maximum Gasteiger partial charge on any atom is 0.230 e. The van der Waals surface area contributed by atoms with E-state index in [1.165, 1.54) is 4.90 Å². The average molecular weight is 289 g/mol. The van der Waals surface area contributed by atoms with Crippen LogP contribution in [0.5, 0.6) is 0 Å². The van der Waals surface area contributed by atoms with Gasteiger partial charge < -0.3 is 9.84 Å². The van der Waals surface area contributed by atoms with Crippen LogP contribution in [0.3, 0.4) is 0 Å². The van der Waals surface area contributed by atoms with Gasteiger partial charge in [-0.15, -0.1) is 11.8 Å². The Morgan fingerprint density at radius 3 is 2.80 bits per heavy atom. The lowest BCUT2D eigenvalue weighted by atomic mass is 9.93. The van der Waals surface area contributed by atoms with Crippen molar-refractivity contribution in [3.8, 4) is 11.4 Å². The summed E-state index contributed by atoms with van der Waals surface area (Å²) in [4.78, 5) is 5.82. The van der Waals surface area contributed by atoms with Crippen molar-refractivity contribution in [3.05, 3.63) is 30.2 Å². The van der Waals surface area contributed by atoms with Gasteiger partial charge in [0.2, 0.25) is 11.7 Å². The maximum absolute atomic E-state index is 5.47. The lowest BCUT2D eigenvalue weighted by molar-refractivity contribution is 0.295. The minimum absolute atomic E-state index is 0.387. The summed E-state index contributed by atoms with van der Waals surface area (Å²) in [5.41, 5.74) is 1.01. The highest BCUT2D eigenvalue weighted by molar-refractivity contribution is 7.98. The summed E-state index contributed by atoms with van der Waals surface area (Å²) in [6.07, 6.45) is 4.20. The highest BCUT2D eigenvalue weighted by atomic mass is 32.2. The number of piperidine rings is 1. The van der Waals surface area contributed by atoms with Gasteiger partial charge in [0.1, 0.15) is 0 Å². The van der Waals surface area contributed by atoms with Gasteiger partial charge in [-0.25, -0.2) is 0 Å². The van der Waals surface area contributed by atoms with Gasteiger partial charge in [0, 0.05) is 22.4 Å². The number of nitrogens with one attached hydrogen (secondary N) is 1. The molecule has 1 aromatic heterocycles. The second-order valence-corrected chi connectivity index (χ2v) is 6.14. The van der Waals surface area contributed by atoms with Crippen LogP contribution in [0, 0.1) is 0 Å². The molecular weight excluding hydrogens is 270 g/mol. The van der Waals surface area contributed by atoms with Gasteiger partial charge in [0.25, 0.3) is 0 Å². The van der Waals surface area contributed by atoms with Gasteiger partial charge in [0.05, 0.1) is 0 Å². The van der Waals surface area contributed by atoms with Crippen molar-refractivity contribution in [1.29, 1.82) is 0 Å². The van der Waals surface area contributed by atoms with E-state index >= 15 is 0 Å². The van der Waals surface area contributed by atoms with E-state index in [-0.39, 0.29) is 0 Å². The third-order valence-corrected chi connectivity index (χ3v) is 4.51. The van der Waals surface area contributed by atoms with Gasteiger partial charge in [-0.3, -0.25) is 0 Å². The van der Waals surface area contributed by atoms with Gasteiger partial charge in [-0.05, 0) is 56.8 Å². The summed E-state index contributed by atoms with van der Waals surface area (Å²) in [5.74, 6) is 1.86. The Hall–Kier alpha value is -1.33. The molecular formula is C15H19N3OS. The zero-order valence-corrected chi connectivity index (χ0v) is 12.6. The second-order valence-electron chi connectivity index (χ2n) is 5.26. The first-order valence-corrected chi connectivity index (χ1v) is 8.20. The third kappa shape index (κ3) is 2.88. The zero-order valence-electron chi connectivity index (χ0n) is 11.8. The third-order valence-electron chi connectivity index (χ3n) is 3.76. The molecule has 0 bridgehead atoms. The molecule has 0 amide bonds. The smallest absolute Gasteiger partial charge is 0.230 e. The normalized spacial score (nSPS) is 22.9. The van der Waals surface area contributed by atoms with E-state index in [2.05, 4.69) is 40.8 Å². The van der Waals surface area contributed by atoms with Crippen LogP contribution >= 0.6 is 11.8 Å². The monoisotopic (exact) mass is 289 g/mol. The van der Waals surface area contributed by atoms with Gasteiger partial charge in [-0.2, -0.15) is 4.98 Å². The molecule has 20 heavy (non-hydrogen) atoms. The molecule has 0 saturated carbocycles. The summed E-state index contributed by atoms with van der Waals surface area (Å²) >= 11 is 1.73. The van der Waals surface area contributed by atoms with E-state index in [4.69, 9.17) is 4.52 Å². The van der Waals surface area contributed by atoms with E-state index in [0.717, 1.165) is 30.8 Å². The van der Waals surface area contributed by atoms with Crippen molar-refractivity contribution in [1.82, 2.24) is 15.5 Å². The number of nitrogens with zero attached hydrogens (tertiary/aromatic N) is 2. The van der Waals surface area contributed by atoms with Crippen LogP contribution in [0.25, 0.3) is 11.4 Å². The summed E-state index contributed by atoms with van der Waals surface area (Å²) in [6, 6.07) is 8.78. The first-order valence-electron chi connectivity index (χ1n) is 6.97. The van der Waals surface area contributed by atoms with Crippen molar-refractivity contribution < 1.29 is 4.52 Å². The number of aromatic nitrogens is 2. The second kappa shape index (κ2) is 5.97. The largest absolute Gasteiger partial charge is 0.339 e. The van der Waals surface area contributed by atoms with Crippen LogP contribution in [0.1, 0.15) is 31.6 Å². The summed E-state index contributed by atoms with van der Waals surface area (Å²) in [5, 5.41) is 7.57. The molecule has 2 heterocycles. The molecule has 2 atom stereocenters. The molecule has 1 aliphatic heterocycles. The van der Waals surface area contributed by atoms with E-state index in [0.29, 0.717) is 17.8 Å². The number of thioether (sulfide) groups is 1. The SMILES string of the molecule is CSc1ccc(-c2noc(C3CCNC(C)C3)n2)cc1. The Balaban J connectivity index is 1.78. The molecule has 1 N–H and O–H groups in total. The standard InChI is InChI=1S/C15H19N3OS/c1-10-9-12(7-8-16-10)15-17-14(18-19-15)11-3-5-13(20-2)6-4-11/h3-6,10,12,16H,7-9H2,1-2H3. The molecule has 5 heteroatoms. The summed E-state index contributed by atoms with van der Waals surface area (Å²) in [7, 11) is 0. The Morgan fingerprint density at radius 1 is 1.30 bits per heavy atom. The molecule has 0 spiro atoms. The summed E-state index contributed by atoms with van der Waals surface area (Å²) in [6.45, 7) is 3.22. The molecule has 0 aliphatic carbocycles. The first kappa shape index (κ1) is 13.6. The average Bonchev–Trinajstić information content (AvgIpc) is 2.97. The van der Waals surface area contributed by atoms with Crippen LogP contribution in [0.4, 0.5) is 0 Å². The van der Waals surface area contributed by atoms with Crippen LogP contribution in [-0.2, 0) is 0 Å². The predicted octanol–water partition coefficient (Wildman–Crippen LogP) is 3.31. The van der Waals surface area contributed by atoms with Gasteiger partial charge >= 0.3 is 0 Å². The van der Waals surface area contributed by atoms with Crippen LogP contribution < -0.4 is 5.32 Å².